The number of nitrogens with zero attached hydrogens (tertiary/aromatic N) is 1. The molecule has 2 N–H and O–H groups in total. The van der Waals surface area contributed by atoms with Gasteiger partial charge in [-0.15, -0.1) is 0 Å². The molecule has 0 spiro atoms. The topological polar surface area (TPSA) is 38.5 Å². The molecule has 0 saturated heterocycles. The average Bonchev–Trinajstić information content (AvgIpc) is 2.29. The Morgan fingerprint density at radius 2 is 1.84 bits per heavy atom. The highest BCUT2D eigenvalue weighted by atomic mass is 127. The van der Waals surface area contributed by atoms with Gasteiger partial charge in [-0.3, -0.25) is 4.90 Å². The zero-order chi connectivity index (χ0) is 14.6. The summed E-state index contributed by atoms with van der Waals surface area (Å²) in [5, 5.41) is 0. The van der Waals surface area contributed by atoms with E-state index < -0.39 is 0 Å². The molecule has 0 atom stereocenters. The summed E-state index contributed by atoms with van der Waals surface area (Å²) in [7, 11) is 0. The van der Waals surface area contributed by atoms with Gasteiger partial charge < -0.3 is 10.5 Å². The molecule has 3 nitrogen and oxygen atoms in total. The Morgan fingerprint density at radius 3 is 2.37 bits per heavy atom. The van der Waals surface area contributed by atoms with Gasteiger partial charge in [0.1, 0.15) is 18.2 Å². The molecule has 0 aliphatic rings. The molecular formula is C14H22FIN2O. The van der Waals surface area contributed by atoms with Crippen molar-refractivity contribution < 1.29 is 9.13 Å². The van der Waals surface area contributed by atoms with Crippen molar-refractivity contribution >= 4 is 28.3 Å². The minimum Gasteiger partial charge on any atom is -0.490 e. The van der Waals surface area contributed by atoms with E-state index in [-0.39, 0.29) is 5.82 Å². The summed E-state index contributed by atoms with van der Waals surface area (Å²) in [5.41, 5.74) is 6.29. The van der Waals surface area contributed by atoms with E-state index in [1.165, 1.54) is 6.07 Å². The van der Waals surface area contributed by atoms with Crippen LogP contribution in [0.3, 0.4) is 0 Å². The molecule has 0 aliphatic carbocycles. The summed E-state index contributed by atoms with van der Waals surface area (Å²) in [6.45, 7) is 9.90. The smallest absolute Gasteiger partial charge is 0.145 e. The molecule has 19 heavy (non-hydrogen) atoms. The number of nitrogen functional groups attached to an aromatic ring is 1. The Balaban J connectivity index is 2.60. The van der Waals surface area contributed by atoms with Crippen LogP contribution in [0.25, 0.3) is 0 Å². The Bertz CT molecular complexity index is 416. The molecule has 0 heterocycles. The number of benzene rings is 1. The van der Waals surface area contributed by atoms with Crippen LogP contribution in [-0.2, 0) is 0 Å². The van der Waals surface area contributed by atoms with Gasteiger partial charge in [-0.2, -0.15) is 0 Å². The predicted octanol–water partition coefficient (Wildman–Crippen LogP) is 3.51. The number of halogens is 2. The SMILES string of the molecule is CC(C)N(CCOc1cc(F)c(I)cc1N)C(C)C. The number of rotatable bonds is 6. The van der Waals surface area contributed by atoms with Crippen molar-refractivity contribution in [1.29, 1.82) is 0 Å². The van der Waals surface area contributed by atoms with Gasteiger partial charge in [0.25, 0.3) is 0 Å². The number of anilines is 1. The molecule has 1 aromatic carbocycles. The Kier molecular flexibility index (Phi) is 6.32. The van der Waals surface area contributed by atoms with Crippen molar-refractivity contribution in [2.24, 2.45) is 0 Å². The maximum absolute atomic E-state index is 13.4. The number of ether oxygens (including phenoxy) is 1. The highest BCUT2D eigenvalue weighted by molar-refractivity contribution is 14.1. The van der Waals surface area contributed by atoms with Crippen LogP contribution in [0, 0.1) is 9.39 Å². The third kappa shape index (κ3) is 4.80. The molecule has 0 radical (unpaired) electrons. The molecule has 0 saturated carbocycles. The molecule has 0 fully saturated rings. The van der Waals surface area contributed by atoms with Gasteiger partial charge in [0.05, 0.1) is 9.26 Å². The minimum atomic E-state index is -0.297. The summed E-state index contributed by atoms with van der Waals surface area (Å²) in [6.07, 6.45) is 0. The molecule has 5 heteroatoms. The summed E-state index contributed by atoms with van der Waals surface area (Å²) in [5.74, 6) is 0.125. The van der Waals surface area contributed by atoms with Crippen molar-refractivity contribution in [2.45, 2.75) is 39.8 Å². The zero-order valence-electron chi connectivity index (χ0n) is 11.9. The fourth-order valence-electron chi connectivity index (χ4n) is 2.04. The van der Waals surface area contributed by atoms with Crippen LogP contribution in [0.4, 0.5) is 10.1 Å². The van der Waals surface area contributed by atoms with Crippen molar-refractivity contribution in [1.82, 2.24) is 4.90 Å². The second-order valence-corrected chi connectivity index (χ2v) is 6.24. The van der Waals surface area contributed by atoms with Gasteiger partial charge >= 0.3 is 0 Å². The lowest BCUT2D eigenvalue weighted by Crippen LogP contribution is -2.39. The van der Waals surface area contributed by atoms with Crippen molar-refractivity contribution in [3.05, 3.63) is 21.5 Å². The second-order valence-electron chi connectivity index (χ2n) is 5.08. The molecule has 0 amide bonds. The first-order chi connectivity index (χ1) is 8.82. The number of hydrogen-bond acceptors (Lipinski definition) is 3. The fourth-order valence-corrected chi connectivity index (χ4v) is 2.53. The molecule has 1 aromatic rings. The van der Waals surface area contributed by atoms with E-state index in [9.17, 15) is 4.39 Å². The molecule has 1 rings (SSSR count). The first-order valence-electron chi connectivity index (χ1n) is 6.46. The van der Waals surface area contributed by atoms with E-state index in [2.05, 4.69) is 32.6 Å². The quantitative estimate of drug-likeness (QED) is 0.607. The van der Waals surface area contributed by atoms with Gasteiger partial charge in [-0.05, 0) is 56.4 Å². The normalized spacial score (nSPS) is 11.6. The molecule has 0 bridgehead atoms. The van der Waals surface area contributed by atoms with Gasteiger partial charge in [0.2, 0.25) is 0 Å². The highest BCUT2D eigenvalue weighted by Crippen LogP contribution is 2.26. The van der Waals surface area contributed by atoms with Crippen LogP contribution in [0.2, 0.25) is 0 Å². The lowest BCUT2D eigenvalue weighted by atomic mass is 10.2. The van der Waals surface area contributed by atoms with Crippen molar-refractivity contribution in [2.75, 3.05) is 18.9 Å². The molecule has 0 unspecified atom stereocenters. The lowest BCUT2D eigenvalue weighted by molar-refractivity contribution is 0.142. The molecule has 0 aliphatic heterocycles. The Hall–Kier alpha value is -0.560. The lowest BCUT2D eigenvalue weighted by Gasteiger charge is -2.30. The van der Waals surface area contributed by atoms with Crippen LogP contribution < -0.4 is 10.5 Å². The third-order valence-electron chi connectivity index (χ3n) is 2.99. The predicted molar refractivity (Wildman–Crippen MR) is 86.0 cm³/mol. The van der Waals surface area contributed by atoms with Crippen LogP contribution in [0.5, 0.6) is 5.75 Å². The van der Waals surface area contributed by atoms with E-state index in [4.69, 9.17) is 10.5 Å². The monoisotopic (exact) mass is 380 g/mol. The van der Waals surface area contributed by atoms with Gasteiger partial charge in [-0.25, -0.2) is 4.39 Å². The highest BCUT2D eigenvalue weighted by Gasteiger charge is 2.13. The van der Waals surface area contributed by atoms with E-state index in [0.717, 1.165) is 6.54 Å². The zero-order valence-corrected chi connectivity index (χ0v) is 14.1. The van der Waals surface area contributed by atoms with E-state index in [1.54, 1.807) is 6.07 Å². The van der Waals surface area contributed by atoms with Gasteiger partial charge in [0.15, 0.2) is 0 Å². The Morgan fingerprint density at radius 1 is 1.26 bits per heavy atom. The number of hydrogen-bond donors (Lipinski definition) is 1. The first kappa shape index (κ1) is 16.5. The molecule has 0 aromatic heterocycles. The fraction of sp³-hybridized carbons (Fsp3) is 0.571. The van der Waals surface area contributed by atoms with Crippen LogP contribution in [0.1, 0.15) is 27.7 Å². The summed E-state index contributed by atoms with van der Waals surface area (Å²) in [6, 6.07) is 3.85. The summed E-state index contributed by atoms with van der Waals surface area (Å²) >= 11 is 1.91. The van der Waals surface area contributed by atoms with Crippen molar-refractivity contribution in [3.8, 4) is 5.75 Å². The molecular weight excluding hydrogens is 358 g/mol. The maximum Gasteiger partial charge on any atom is 0.145 e. The van der Waals surface area contributed by atoms with Crippen LogP contribution in [-0.4, -0.2) is 30.1 Å². The standard InChI is InChI=1S/C14H22FIN2O/c1-9(2)18(10(3)4)5-6-19-14-7-11(15)12(16)8-13(14)17/h7-10H,5-6,17H2,1-4H3. The van der Waals surface area contributed by atoms with Crippen LogP contribution >= 0.6 is 22.6 Å². The van der Waals surface area contributed by atoms with E-state index >= 15 is 0 Å². The van der Waals surface area contributed by atoms with Gasteiger partial charge in [0, 0.05) is 24.7 Å². The summed E-state index contributed by atoms with van der Waals surface area (Å²) in [4.78, 5) is 2.32. The third-order valence-corrected chi connectivity index (χ3v) is 3.81. The average molecular weight is 380 g/mol. The van der Waals surface area contributed by atoms with E-state index in [0.29, 0.717) is 33.7 Å². The van der Waals surface area contributed by atoms with Crippen molar-refractivity contribution in [3.63, 3.8) is 0 Å². The maximum atomic E-state index is 13.4. The van der Waals surface area contributed by atoms with Crippen LogP contribution in [0.15, 0.2) is 12.1 Å². The minimum absolute atomic E-state index is 0.297. The largest absolute Gasteiger partial charge is 0.490 e. The Labute approximate surface area is 128 Å². The van der Waals surface area contributed by atoms with E-state index in [1.807, 2.05) is 22.6 Å². The van der Waals surface area contributed by atoms with Gasteiger partial charge in [-0.1, -0.05) is 0 Å². The number of nitrogens with two attached hydrogens (primary N) is 1. The second kappa shape index (κ2) is 7.28. The summed E-state index contributed by atoms with van der Waals surface area (Å²) < 4.78 is 19.5. The first-order valence-corrected chi connectivity index (χ1v) is 7.53. The molecule has 108 valence electrons.